The largest absolute Gasteiger partial charge is 0.375 e. The van der Waals surface area contributed by atoms with E-state index >= 15 is 0 Å². The topological polar surface area (TPSA) is 9.23 Å². The lowest BCUT2D eigenvalue weighted by Gasteiger charge is -2.20. The first-order valence-corrected chi connectivity index (χ1v) is 3.87. The Balaban J connectivity index is 2.04. The molecule has 0 aromatic rings. The van der Waals surface area contributed by atoms with Crippen LogP contribution in [0.5, 0.6) is 0 Å². The van der Waals surface area contributed by atoms with Crippen LogP contribution < -0.4 is 0 Å². The maximum atomic E-state index is 5.67. The second-order valence-electron chi connectivity index (χ2n) is 3.17. The highest BCUT2D eigenvalue weighted by atomic mass is 16.5. The van der Waals surface area contributed by atoms with E-state index in [4.69, 9.17) is 4.74 Å². The number of ether oxygens (including phenoxy) is 1. The van der Waals surface area contributed by atoms with Gasteiger partial charge in [-0.15, -0.1) is 0 Å². The molecule has 0 bridgehead atoms. The predicted molar refractivity (Wildman–Crippen MR) is 36.1 cm³/mol. The highest BCUT2D eigenvalue weighted by Crippen LogP contribution is 2.39. The Hall–Kier alpha value is -0.0400. The van der Waals surface area contributed by atoms with Crippen LogP contribution in [0.4, 0.5) is 0 Å². The Morgan fingerprint density at radius 1 is 1.33 bits per heavy atom. The zero-order chi connectivity index (χ0) is 6.16. The average Bonchev–Trinajstić information content (AvgIpc) is 2.45. The van der Waals surface area contributed by atoms with Crippen molar-refractivity contribution in [3.05, 3.63) is 6.42 Å². The van der Waals surface area contributed by atoms with Gasteiger partial charge in [0.2, 0.25) is 0 Å². The first-order valence-electron chi connectivity index (χ1n) is 3.87. The van der Waals surface area contributed by atoms with Crippen molar-refractivity contribution in [3.63, 3.8) is 0 Å². The fourth-order valence-corrected chi connectivity index (χ4v) is 1.95. The summed E-state index contributed by atoms with van der Waals surface area (Å²) in [5.74, 6) is 0. The van der Waals surface area contributed by atoms with Gasteiger partial charge in [0.05, 0.1) is 5.60 Å². The lowest BCUT2D eigenvalue weighted by Crippen LogP contribution is -2.22. The molecule has 1 nitrogen and oxygen atoms in total. The van der Waals surface area contributed by atoms with Crippen LogP contribution >= 0.6 is 0 Å². The third-order valence-electron chi connectivity index (χ3n) is 2.51. The van der Waals surface area contributed by atoms with Crippen molar-refractivity contribution in [1.29, 1.82) is 0 Å². The molecule has 0 aromatic heterocycles. The molecule has 2 fully saturated rings. The van der Waals surface area contributed by atoms with Crippen LogP contribution in [0.2, 0.25) is 0 Å². The monoisotopic (exact) mass is 125 g/mol. The molecule has 0 N–H and O–H groups in total. The third-order valence-corrected chi connectivity index (χ3v) is 2.51. The van der Waals surface area contributed by atoms with Crippen LogP contribution in [0.15, 0.2) is 0 Å². The molecule has 1 radical (unpaired) electrons. The number of hydrogen-bond donors (Lipinski definition) is 0. The summed E-state index contributed by atoms with van der Waals surface area (Å²) in [7, 11) is 0. The van der Waals surface area contributed by atoms with Gasteiger partial charge in [0.15, 0.2) is 0 Å². The summed E-state index contributed by atoms with van der Waals surface area (Å²) in [6.45, 7) is 1.01. The van der Waals surface area contributed by atoms with Gasteiger partial charge in [-0.1, -0.05) is 0 Å². The van der Waals surface area contributed by atoms with Gasteiger partial charge >= 0.3 is 0 Å². The van der Waals surface area contributed by atoms with E-state index in [1.165, 1.54) is 32.1 Å². The molecule has 1 saturated carbocycles. The Bertz CT molecular complexity index is 79.6. The molecule has 9 heavy (non-hydrogen) atoms. The van der Waals surface area contributed by atoms with Gasteiger partial charge < -0.3 is 4.74 Å². The molecule has 0 amide bonds. The highest BCUT2D eigenvalue weighted by molar-refractivity contribution is 4.96. The SMILES string of the molecule is [CH]1CCC2(C1)CCCO2. The molecule has 1 atom stereocenters. The molecular formula is C8H13O. The number of rotatable bonds is 0. The third kappa shape index (κ3) is 0.877. The van der Waals surface area contributed by atoms with E-state index in [-0.39, 0.29) is 0 Å². The molecule has 2 aliphatic rings. The van der Waals surface area contributed by atoms with Crippen molar-refractivity contribution < 1.29 is 4.74 Å². The Labute approximate surface area is 56.4 Å². The quantitative estimate of drug-likeness (QED) is 0.480. The lowest BCUT2D eigenvalue weighted by molar-refractivity contribution is 0.0127. The summed E-state index contributed by atoms with van der Waals surface area (Å²) in [5.41, 5.74) is 0.333. The van der Waals surface area contributed by atoms with E-state index in [0.717, 1.165) is 6.61 Å². The summed E-state index contributed by atoms with van der Waals surface area (Å²) in [4.78, 5) is 0. The maximum absolute atomic E-state index is 5.67. The van der Waals surface area contributed by atoms with Crippen LogP contribution in [0.1, 0.15) is 32.1 Å². The van der Waals surface area contributed by atoms with Crippen molar-refractivity contribution in [2.45, 2.75) is 37.7 Å². The predicted octanol–water partition coefficient (Wildman–Crippen LogP) is 1.92. The van der Waals surface area contributed by atoms with Gasteiger partial charge in [-0.05, 0) is 38.5 Å². The minimum Gasteiger partial charge on any atom is -0.375 e. The van der Waals surface area contributed by atoms with Crippen LogP contribution in [-0.4, -0.2) is 12.2 Å². The van der Waals surface area contributed by atoms with Gasteiger partial charge in [0.25, 0.3) is 0 Å². The Morgan fingerprint density at radius 3 is 2.89 bits per heavy atom. The minimum absolute atomic E-state index is 0.333. The Kier molecular flexibility index (Phi) is 1.26. The summed E-state index contributed by atoms with van der Waals surface area (Å²) in [6, 6.07) is 0. The van der Waals surface area contributed by atoms with Crippen LogP contribution in [0, 0.1) is 6.42 Å². The molecule has 1 spiro atoms. The molecule has 1 heterocycles. The van der Waals surface area contributed by atoms with E-state index in [9.17, 15) is 0 Å². The van der Waals surface area contributed by atoms with Crippen molar-refractivity contribution in [3.8, 4) is 0 Å². The molecule has 1 aliphatic carbocycles. The number of hydrogen-bond acceptors (Lipinski definition) is 1. The molecule has 0 aromatic carbocycles. The standard InChI is InChI=1S/C8H13O/c1-2-5-8(4-1)6-3-7-9-8/h1H,2-7H2. The first kappa shape index (κ1) is 5.72. The van der Waals surface area contributed by atoms with E-state index in [1.54, 1.807) is 0 Å². The smallest absolute Gasteiger partial charge is 0.0686 e. The average molecular weight is 125 g/mol. The summed E-state index contributed by atoms with van der Waals surface area (Å²) in [5, 5.41) is 0. The fraction of sp³-hybridized carbons (Fsp3) is 0.875. The summed E-state index contributed by atoms with van der Waals surface area (Å²) in [6.07, 6.45) is 8.74. The molecule has 1 heteroatoms. The normalized spacial score (nSPS) is 32.0. The van der Waals surface area contributed by atoms with E-state index in [0.29, 0.717) is 5.60 Å². The van der Waals surface area contributed by atoms with Crippen LogP contribution in [0.3, 0.4) is 0 Å². The second kappa shape index (κ2) is 1.98. The maximum Gasteiger partial charge on any atom is 0.0686 e. The molecule has 1 unspecified atom stereocenters. The molecule has 2 rings (SSSR count). The molecule has 1 aliphatic heterocycles. The highest BCUT2D eigenvalue weighted by Gasteiger charge is 2.37. The van der Waals surface area contributed by atoms with Gasteiger partial charge in [-0.2, -0.15) is 0 Å². The van der Waals surface area contributed by atoms with Gasteiger partial charge in [0.1, 0.15) is 0 Å². The summed E-state index contributed by atoms with van der Waals surface area (Å²) < 4.78 is 5.67. The first-order chi connectivity index (χ1) is 4.41. The van der Waals surface area contributed by atoms with Crippen molar-refractivity contribution >= 4 is 0 Å². The van der Waals surface area contributed by atoms with Crippen molar-refractivity contribution in [2.24, 2.45) is 0 Å². The van der Waals surface area contributed by atoms with Gasteiger partial charge in [-0.25, -0.2) is 0 Å². The van der Waals surface area contributed by atoms with Crippen molar-refractivity contribution in [2.75, 3.05) is 6.61 Å². The lowest BCUT2D eigenvalue weighted by atomic mass is 9.99. The fourth-order valence-electron chi connectivity index (χ4n) is 1.95. The van der Waals surface area contributed by atoms with Gasteiger partial charge in [0, 0.05) is 6.61 Å². The van der Waals surface area contributed by atoms with E-state index in [1.807, 2.05) is 0 Å². The van der Waals surface area contributed by atoms with E-state index < -0.39 is 0 Å². The minimum atomic E-state index is 0.333. The molecular weight excluding hydrogens is 112 g/mol. The molecule has 1 saturated heterocycles. The summed E-state index contributed by atoms with van der Waals surface area (Å²) >= 11 is 0. The zero-order valence-corrected chi connectivity index (χ0v) is 5.73. The Morgan fingerprint density at radius 2 is 2.33 bits per heavy atom. The van der Waals surface area contributed by atoms with Crippen molar-refractivity contribution in [1.82, 2.24) is 0 Å². The second-order valence-corrected chi connectivity index (χ2v) is 3.17. The molecule has 51 valence electrons. The van der Waals surface area contributed by atoms with Crippen LogP contribution in [-0.2, 0) is 4.74 Å². The van der Waals surface area contributed by atoms with Gasteiger partial charge in [-0.3, -0.25) is 0 Å². The van der Waals surface area contributed by atoms with E-state index in [2.05, 4.69) is 6.42 Å². The zero-order valence-electron chi connectivity index (χ0n) is 5.73. The van der Waals surface area contributed by atoms with Crippen LogP contribution in [0.25, 0.3) is 0 Å².